The normalized spacial score (nSPS) is 19.2. The molecule has 2 aliphatic rings. The van der Waals surface area contributed by atoms with E-state index in [9.17, 15) is 14.0 Å². The number of nitrogens with one attached hydrogen (secondary N) is 1. The lowest BCUT2D eigenvalue weighted by Gasteiger charge is -2.21. The van der Waals surface area contributed by atoms with E-state index in [4.69, 9.17) is 9.15 Å². The van der Waals surface area contributed by atoms with Crippen LogP contribution in [0.25, 0.3) is 10.8 Å². The Bertz CT molecular complexity index is 1560. The summed E-state index contributed by atoms with van der Waals surface area (Å²) in [5, 5.41) is 8.04. The Labute approximate surface area is 218 Å². The van der Waals surface area contributed by atoms with Crippen LogP contribution in [-0.2, 0) is 13.0 Å². The Kier molecular flexibility index (Phi) is 6.37. The molecule has 6 rings (SSSR count). The minimum absolute atomic E-state index is 0.0724. The number of likely N-dealkylation sites (tertiary alicyclic amines) is 2. The first kappa shape index (κ1) is 24.2. The van der Waals surface area contributed by atoms with E-state index in [0.717, 1.165) is 29.8 Å². The van der Waals surface area contributed by atoms with Crippen LogP contribution in [0.2, 0.25) is 0 Å². The second-order valence-electron chi connectivity index (χ2n) is 10.1. The average Bonchev–Trinajstić information content (AvgIpc) is 3.50. The fraction of sp³-hybridized carbons (Fsp3) is 0.310. The number of H-pyrrole nitrogens is 1. The highest BCUT2D eigenvalue weighted by Crippen LogP contribution is 2.33. The number of hydrogen-bond donors (Lipinski definition) is 1. The molecule has 2 aromatic carbocycles. The van der Waals surface area contributed by atoms with Gasteiger partial charge in [-0.2, -0.15) is 5.10 Å². The molecule has 2 unspecified atom stereocenters. The minimum atomic E-state index is -0.531. The molecule has 4 heterocycles. The van der Waals surface area contributed by atoms with Crippen molar-refractivity contribution in [1.82, 2.24) is 20.0 Å². The molecule has 0 bridgehead atoms. The molecule has 1 amide bonds. The predicted molar refractivity (Wildman–Crippen MR) is 139 cm³/mol. The van der Waals surface area contributed by atoms with E-state index in [1.807, 2.05) is 24.3 Å². The maximum Gasteiger partial charge on any atom is 0.517 e. The fourth-order valence-electron chi connectivity index (χ4n) is 5.75. The second kappa shape index (κ2) is 9.98. The number of ether oxygens (including phenoxy) is 1. The van der Waals surface area contributed by atoms with Gasteiger partial charge in [0.25, 0.3) is 11.5 Å². The zero-order valence-electron chi connectivity index (χ0n) is 21.0. The van der Waals surface area contributed by atoms with Crippen molar-refractivity contribution < 1.29 is 18.3 Å². The van der Waals surface area contributed by atoms with E-state index in [2.05, 4.69) is 15.1 Å². The van der Waals surface area contributed by atoms with Gasteiger partial charge >= 0.3 is 5.95 Å². The zero-order valence-corrected chi connectivity index (χ0v) is 21.0. The standard InChI is InChI=1S/C29H27FN4O4/c1-37-27-8-4-5-21(38-27)17-33-13-19-15-34(16-20(19)14-33)29(36)24-11-18(9-10-25(24)30)12-26-22-6-2-3-7-23(22)28(35)32-31-26/h2-11,19-20H,12-17H2,1H3/p+1. The number of benzene rings is 2. The van der Waals surface area contributed by atoms with E-state index in [1.54, 1.807) is 42.3 Å². The summed E-state index contributed by atoms with van der Waals surface area (Å²) in [6, 6.07) is 17.5. The van der Waals surface area contributed by atoms with Crippen molar-refractivity contribution >= 4 is 16.7 Å². The predicted octanol–water partition coefficient (Wildman–Crippen LogP) is 3.74. The van der Waals surface area contributed by atoms with Crippen LogP contribution in [0.3, 0.4) is 0 Å². The van der Waals surface area contributed by atoms with Crippen LogP contribution in [-0.4, -0.2) is 59.2 Å². The molecule has 0 saturated carbocycles. The Hall–Kier alpha value is -4.11. The maximum absolute atomic E-state index is 14.8. The molecule has 2 fully saturated rings. The average molecular weight is 516 g/mol. The maximum atomic E-state index is 14.8. The summed E-state index contributed by atoms with van der Waals surface area (Å²) in [6.45, 7) is 3.60. The highest BCUT2D eigenvalue weighted by molar-refractivity contribution is 5.95. The number of aromatic amines is 1. The number of nitrogens with zero attached hydrogens (tertiary/aromatic N) is 3. The third kappa shape index (κ3) is 4.65. The third-order valence-electron chi connectivity index (χ3n) is 7.58. The molecule has 194 valence electrons. The van der Waals surface area contributed by atoms with Gasteiger partial charge in [0.2, 0.25) is 5.76 Å². The molecule has 8 nitrogen and oxygen atoms in total. The molecule has 2 saturated heterocycles. The van der Waals surface area contributed by atoms with E-state index in [-0.39, 0.29) is 17.0 Å². The van der Waals surface area contributed by atoms with E-state index < -0.39 is 5.82 Å². The summed E-state index contributed by atoms with van der Waals surface area (Å²) in [6.07, 6.45) is 0.368. The lowest BCUT2D eigenvalue weighted by Crippen LogP contribution is -2.33. The fourth-order valence-corrected chi connectivity index (χ4v) is 5.75. The van der Waals surface area contributed by atoms with Crippen LogP contribution < -0.4 is 10.3 Å². The van der Waals surface area contributed by atoms with Gasteiger partial charge in [0.15, 0.2) is 7.11 Å². The molecule has 0 aliphatic carbocycles. The molecule has 0 radical (unpaired) electrons. The number of carbonyl (C=O) groups excluding carboxylic acids is 1. The molecular formula is C29H28FN4O4+. The molecule has 2 atom stereocenters. The number of hydrogen-bond acceptors (Lipinski definition) is 5. The van der Waals surface area contributed by atoms with Crippen LogP contribution >= 0.6 is 0 Å². The van der Waals surface area contributed by atoms with Crippen molar-refractivity contribution in [3.05, 3.63) is 99.4 Å². The van der Waals surface area contributed by atoms with Crippen molar-refractivity contribution in [1.29, 1.82) is 0 Å². The first-order valence-corrected chi connectivity index (χ1v) is 12.7. The van der Waals surface area contributed by atoms with Gasteiger partial charge in [-0.15, -0.1) is 0 Å². The number of carbonyl (C=O) groups is 1. The van der Waals surface area contributed by atoms with Gasteiger partial charge < -0.3 is 9.64 Å². The molecule has 1 N–H and O–H groups in total. The quantitative estimate of drug-likeness (QED) is 0.394. The van der Waals surface area contributed by atoms with Gasteiger partial charge in [0.1, 0.15) is 5.82 Å². The first-order chi connectivity index (χ1) is 18.5. The van der Waals surface area contributed by atoms with Gasteiger partial charge in [-0.05, 0) is 41.7 Å². The number of fused-ring (bicyclic) bond motifs is 2. The highest BCUT2D eigenvalue weighted by atomic mass is 19.1. The zero-order chi connectivity index (χ0) is 26.2. The number of rotatable bonds is 6. The molecule has 4 aromatic rings. The molecule has 2 aromatic heterocycles. The molecular weight excluding hydrogens is 487 g/mol. The summed E-state index contributed by atoms with van der Waals surface area (Å²) < 4.78 is 25.7. The second-order valence-corrected chi connectivity index (χ2v) is 10.1. The SMILES string of the molecule is COc1cccc(CN2CC3CN(C(=O)c4cc(Cc5n[nH]c(=O)c6ccccc56)ccc4F)CC3C2)[o+]1. The molecule has 0 spiro atoms. The van der Waals surface area contributed by atoms with Gasteiger partial charge in [-0.25, -0.2) is 9.49 Å². The molecule has 2 aliphatic heterocycles. The van der Waals surface area contributed by atoms with Crippen LogP contribution in [0.15, 0.2) is 69.9 Å². The number of halogens is 1. The summed E-state index contributed by atoms with van der Waals surface area (Å²) in [5.74, 6) is 1.18. The molecule has 38 heavy (non-hydrogen) atoms. The van der Waals surface area contributed by atoms with Gasteiger partial charge in [0, 0.05) is 44.1 Å². The smallest absolute Gasteiger partial charge is 0.338 e. The topological polar surface area (TPSA) is 89.8 Å². The van der Waals surface area contributed by atoms with Crippen molar-refractivity contribution in [3.63, 3.8) is 0 Å². The number of methoxy groups -OCH3 is 1. The first-order valence-electron chi connectivity index (χ1n) is 12.7. The monoisotopic (exact) mass is 515 g/mol. The Morgan fingerprint density at radius 3 is 2.58 bits per heavy atom. The van der Waals surface area contributed by atoms with Crippen LogP contribution in [0.5, 0.6) is 5.95 Å². The summed E-state index contributed by atoms with van der Waals surface area (Å²) in [5.41, 5.74) is 1.24. The lowest BCUT2D eigenvalue weighted by molar-refractivity contribution is 0.0767. The lowest BCUT2D eigenvalue weighted by atomic mass is 10.0. The van der Waals surface area contributed by atoms with Gasteiger partial charge in [0.05, 0.1) is 29.3 Å². The Morgan fingerprint density at radius 1 is 1.05 bits per heavy atom. The third-order valence-corrected chi connectivity index (χ3v) is 7.58. The highest BCUT2D eigenvalue weighted by Gasteiger charge is 2.42. The summed E-state index contributed by atoms with van der Waals surface area (Å²) in [7, 11) is 1.58. The Balaban J connectivity index is 1.14. The van der Waals surface area contributed by atoms with Crippen molar-refractivity contribution in [3.8, 4) is 5.95 Å². The Morgan fingerprint density at radius 2 is 1.82 bits per heavy atom. The number of aromatic nitrogens is 2. The van der Waals surface area contributed by atoms with Crippen molar-refractivity contribution in [2.45, 2.75) is 13.0 Å². The molecule has 9 heteroatoms. The van der Waals surface area contributed by atoms with Crippen LogP contribution in [0, 0.1) is 17.7 Å². The minimum Gasteiger partial charge on any atom is -0.338 e. The summed E-state index contributed by atoms with van der Waals surface area (Å²) >= 11 is 0. The van der Waals surface area contributed by atoms with Crippen molar-refractivity contribution in [2.75, 3.05) is 33.3 Å². The van der Waals surface area contributed by atoms with Gasteiger partial charge in [-0.1, -0.05) is 24.3 Å². The van der Waals surface area contributed by atoms with Crippen LogP contribution in [0.1, 0.15) is 27.4 Å². The largest absolute Gasteiger partial charge is 0.517 e. The van der Waals surface area contributed by atoms with E-state index in [0.29, 0.717) is 54.9 Å². The van der Waals surface area contributed by atoms with Gasteiger partial charge in [-0.3, -0.25) is 18.9 Å². The van der Waals surface area contributed by atoms with Crippen LogP contribution in [0.4, 0.5) is 4.39 Å². The van der Waals surface area contributed by atoms with E-state index in [1.165, 1.54) is 6.07 Å². The number of amides is 1. The van der Waals surface area contributed by atoms with Crippen molar-refractivity contribution in [2.24, 2.45) is 11.8 Å². The van der Waals surface area contributed by atoms with E-state index >= 15 is 0 Å². The summed E-state index contributed by atoms with van der Waals surface area (Å²) in [4.78, 5) is 29.6.